The van der Waals surface area contributed by atoms with Gasteiger partial charge in [-0.3, -0.25) is 4.98 Å². The summed E-state index contributed by atoms with van der Waals surface area (Å²) in [5, 5.41) is 4.17. The molecule has 0 unspecified atom stereocenters. The minimum absolute atomic E-state index is 0.714. The molecule has 0 saturated heterocycles. The lowest BCUT2D eigenvalue weighted by molar-refractivity contribution is 0.604. The molecule has 0 N–H and O–H groups in total. The van der Waals surface area contributed by atoms with Crippen molar-refractivity contribution in [1.29, 1.82) is 0 Å². The molecule has 0 fully saturated rings. The minimum Gasteiger partial charge on any atom is -0.347 e. The molecule has 4 heteroatoms. The number of rotatable bonds is 1. The summed E-state index contributed by atoms with van der Waals surface area (Å²) in [7, 11) is 3.83. The summed E-state index contributed by atoms with van der Waals surface area (Å²) in [6.45, 7) is 0. The van der Waals surface area contributed by atoms with Gasteiger partial charge in [-0.2, -0.15) is 0 Å². The molecule has 2 rings (SSSR count). The molecule has 14 heavy (non-hydrogen) atoms. The Bertz CT molecular complexity index is 378. The lowest BCUT2D eigenvalue weighted by Gasteiger charge is -2.08. The van der Waals surface area contributed by atoms with Gasteiger partial charge in [0.1, 0.15) is 5.70 Å². The first kappa shape index (κ1) is 8.74. The van der Waals surface area contributed by atoms with E-state index in [9.17, 15) is 0 Å². The molecule has 1 aromatic rings. The molecule has 1 aliphatic heterocycles. The van der Waals surface area contributed by atoms with Gasteiger partial charge in [-0.25, -0.2) is 10.3 Å². The lowest BCUT2D eigenvalue weighted by Crippen LogP contribution is -2.26. The lowest BCUT2D eigenvalue weighted by atomic mass is 10.3. The van der Waals surface area contributed by atoms with Crippen molar-refractivity contribution in [3.63, 3.8) is 0 Å². The number of guanidine groups is 1. The average Bonchev–Trinajstić information content (AvgIpc) is 2.68. The fraction of sp³-hybridized carbons (Fsp3) is 0.200. The zero-order valence-electron chi connectivity index (χ0n) is 8.18. The van der Waals surface area contributed by atoms with Gasteiger partial charge >= 0.3 is 0 Å². The van der Waals surface area contributed by atoms with Crippen molar-refractivity contribution in [3.05, 3.63) is 36.3 Å². The van der Waals surface area contributed by atoms with Gasteiger partial charge in [0.2, 0.25) is 5.96 Å². The van der Waals surface area contributed by atoms with E-state index in [4.69, 9.17) is 0 Å². The van der Waals surface area contributed by atoms with Crippen LogP contribution in [0.4, 0.5) is 0 Å². The number of pyridine rings is 1. The topological polar surface area (TPSA) is 42.6 Å². The molecule has 4 nitrogen and oxygen atoms in total. The first-order chi connectivity index (χ1) is 6.77. The summed E-state index contributed by atoms with van der Waals surface area (Å²) in [4.78, 5) is 10.4. The molecule has 0 bridgehead atoms. The van der Waals surface area contributed by atoms with Crippen LogP contribution in [0.3, 0.4) is 0 Å². The van der Waals surface area contributed by atoms with Gasteiger partial charge in [-0.05, 0) is 12.1 Å². The van der Waals surface area contributed by atoms with Crippen LogP contribution in [0.15, 0.2) is 35.6 Å². The summed E-state index contributed by atoms with van der Waals surface area (Å²) >= 11 is 0. The molecular formula is C10H11N4. The second-order valence-corrected chi connectivity index (χ2v) is 3.16. The smallest absolute Gasteiger partial charge is 0.225 e. The normalized spacial score (nSPS) is 14.4. The van der Waals surface area contributed by atoms with Gasteiger partial charge in [0, 0.05) is 20.3 Å². The molecule has 0 aliphatic carbocycles. The van der Waals surface area contributed by atoms with Crippen LogP contribution in [-0.2, 0) is 0 Å². The SMILES string of the molecule is CN(C)C1=NC(c2ccccn2)=C[N]1. The van der Waals surface area contributed by atoms with E-state index >= 15 is 0 Å². The first-order valence-electron chi connectivity index (χ1n) is 4.36. The van der Waals surface area contributed by atoms with Crippen molar-refractivity contribution in [2.45, 2.75) is 0 Å². The van der Waals surface area contributed by atoms with Gasteiger partial charge in [-0.15, -0.1) is 0 Å². The maximum atomic E-state index is 4.33. The highest BCUT2D eigenvalue weighted by Crippen LogP contribution is 2.16. The number of aromatic nitrogens is 1. The minimum atomic E-state index is 0.714. The van der Waals surface area contributed by atoms with E-state index < -0.39 is 0 Å². The molecule has 71 valence electrons. The van der Waals surface area contributed by atoms with E-state index in [2.05, 4.69) is 15.3 Å². The monoisotopic (exact) mass is 187 g/mol. The molecular weight excluding hydrogens is 176 g/mol. The van der Waals surface area contributed by atoms with E-state index in [0.717, 1.165) is 11.4 Å². The second-order valence-electron chi connectivity index (χ2n) is 3.16. The van der Waals surface area contributed by atoms with Crippen molar-refractivity contribution >= 4 is 11.7 Å². The molecule has 1 aliphatic rings. The number of hydrogen-bond donors (Lipinski definition) is 0. The third-order valence-electron chi connectivity index (χ3n) is 1.85. The molecule has 1 radical (unpaired) electrons. The Labute approximate surface area is 83.0 Å². The van der Waals surface area contributed by atoms with Crippen LogP contribution in [0.2, 0.25) is 0 Å². The predicted molar refractivity (Wildman–Crippen MR) is 55.5 cm³/mol. The Hall–Kier alpha value is -1.84. The highest BCUT2D eigenvalue weighted by molar-refractivity contribution is 5.90. The van der Waals surface area contributed by atoms with Crippen LogP contribution >= 0.6 is 0 Å². The molecule has 0 saturated carbocycles. The quantitative estimate of drug-likeness (QED) is 0.656. The van der Waals surface area contributed by atoms with E-state index in [1.807, 2.05) is 37.2 Å². The Kier molecular flexibility index (Phi) is 2.18. The molecule has 0 atom stereocenters. The molecule has 2 heterocycles. The Morgan fingerprint density at radius 3 is 2.64 bits per heavy atom. The van der Waals surface area contributed by atoms with Gasteiger partial charge in [0.05, 0.1) is 11.9 Å². The zero-order chi connectivity index (χ0) is 9.97. The Morgan fingerprint density at radius 1 is 1.21 bits per heavy atom. The summed E-state index contributed by atoms with van der Waals surface area (Å²) in [5.41, 5.74) is 1.67. The summed E-state index contributed by atoms with van der Waals surface area (Å²) in [6, 6.07) is 5.74. The average molecular weight is 187 g/mol. The first-order valence-corrected chi connectivity index (χ1v) is 4.36. The number of hydrogen-bond acceptors (Lipinski definition) is 3. The van der Waals surface area contributed by atoms with Crippen LogP contribution in [0, 0.1) is 0 Å². The van der Waals surface area contributed by atoms with E-state index in [1.165, 1.54) is 0 Å². The largest absolute Gasteiger partial charge is 0.347 e. The van der Waals surface area contributed by atoms with Crippen LogP contribution in [-0.4, -0.2) is 29.9 Å². The van der Waals surface area contributed by atoms with Crippen LogP contribution < -0.4 is 5.32 Å². The molecule has 0 aromatic carbocycles. The molecule has 0 amide bonds. The predicted octanol–water partition coefficient (Wildman–Crippen LogP) is 0.916. The van der Waals surface area contributed by atoms with Gasteiger partial charge in [0.15, 0.2) is 0 Å². The van der Waals surface area contributed by atoms with Gasteiger partial charge in [0.25, 0.3) is 0 Å². The molecule has 1 aromatic heterocycles. The summed E-state index contributed by atoms with van der Waals surface area (Å²) in [6.07, 6.45) is 3.48. The van der Waals surface area contributed by atoms with Crippen molar-refractivity contribution in [2.75, 3.05) is 14.1 Å². The third-order valence-corrected chi connectivity index (χ3v) is 1.85. The summed E-state index contributed by atoms with van der Waals surface area (Å²) < 4.78 is 0. The zero-order valence-corrected chi connectivity index (χ0v) is 8.18. The molecule has 0 spiro atoms. The highest BCUT2D eigenvalue weighted by atomic mass is 15.3. The highest BCUT2D eigenvalue weighted by Gasteiger charge is 2.13. The van der Waals surface area contributed by atoms with Crippen molar-refractivity contribution in [3.8, 4) is 0 Å². The van der Waals surface area contributed by atoms with Gasteiger partial charge < -0.3 is 4.90 Å². The van der Waals surface area contributed by atoms with Gasteiger partial charge in [-0.1, -0.05) is 6.07 Å². The summed E-state index contributed by atoms with van der Waals surface area (Å²) in [5.74, 6) is 0.714. The van der Waals surface area contributed by atoms with Crippen LogP contribution in [0.5, 0.6) is 0 Å². The van der Waals surface area contributed by atoms with Crippen molar-refractivity contribution < 1.29 is 0 Å². The van der Waals surface area contributed by atoms with E-state index in [0.29, 0.717) is 5.96 Å². The number of aliphatic imine (C=N–C) groups is 1. The standard InChI is InChI=1S/C10H11N4/c1-14(2)10-12-7-9(13-10)8-5-3-4-6-11-8/h3-7H,1-2H3. The van der Waals surface area contributed by atoms with Crippen LogP contribution in [0.1, 0.15) is 5.69 Å². The Morgan fingerprint density at radius 2 is 2.07 bits per heavy atom. The van der Waals surface area contributed by atoms with Crippen LogP contribution in [0.25, 0.3) is 5.70 Å². The van der Waals surface area contributed by atoms with E-state index in [-0.39, 0.29) is 0 Å². The maximum Gasteiger partial charge on any atom is 0.225 e. The Balaban J connectivity index is 2.23. The maximum absolute atomic E-state index is 4.33. The van der Waals surface area contributed by atoms with Crippen molar-refractivity contribution in [1.82, 2.24) is 15.2 Å². The second kappa shape index (κ2) is 3.49. The fourth-order valence-corrected chi connectivity index (χ4v) is 1.14. The third kappa shape index (κ3) is 1.59. The van der Waals surface area contributed by atoms with E-state index in [1.54, 1.807) is 12.4 Å². The number of nitrogens with zero attached hydrogens (tertiary/aromatic N) is 4. The van der Waals surface area contributed by atoms with Crippen molar-refractivity contribution in [2.24, 2.45) is 4.99 Å². The fourth-order valence-electron chi connectivity index (χ4n) is 1.14.